The maximum Gasteiger partial charge on any atom is 0.221 e. The second-order valence-electron chi connectivity index (χ2n) is 32.6. The van der Waals surface area contributed by atoms with Gasteiger partial charge in [-0.3, -0.25) is 24.3 Å². The minimum absolute atomic E-state index is 0.00501. The first kappa shape index (κ1) is 102. The van der Waals surface area contributed by atoms with Gasteiger partial charge in [0.1, 0.15) is 0 Å². The zero-order chi connectivity index (χ0) is 75.4. The lowest BCUT2D eigenvalue weighted by Gasteiger charge is -2.28. The van der Waals surface area contributed by atoms with Gasteiger partial charge in [-0.25, -0.2) is 0 Å². The van der Waals surface area contributed by atoms with E-state index in [1.54, 1.807) is 0 Å². The number of amides is 2. The summed E-state index contributed by atoms with van der Waals surface area (Å²) < 4.78 is 0. The largest absolute Gasteiger partial charge is 0.392 e. The molecule has 0 aliphatic carbocycles. The van der Waals surface area contributed by atoms with Crippen molar-refractivity contribution >= 4 is 11.8 Å². The Bertz CT molecular complexity index is 1620. The van der Waals surface area contributed by atoms with Crippen LogP contribution in [0.5, 0.6) is 0 Å². The lowest BCUT2D eigenvalue weighted by molar-refractivity contribution is -0.121. The zero-order valence-corrected chi connectivity index (χ0v) is 69.8. The van der Waals surface area contributed by atoms with Crippen LogP contribution in [-0.2, 0) is 9.59 Å². The third-order valence-corrected chi connectivity index (χ3v) is 21.9. The van der Waals surface area contributed by atoms with Gasteiger partial charge in [0.2, 0.25) is 11.8 Å². The predicted molar refractivity (Wildman–Crippen MR) is 444 cm³/mol. The second kappa shape index (κ2) is 80.1. The van der Waals surface area contributed by atoms with Crippen LogP contribution in [0.2, 0.25) is 0 Å². The molecule has 103 heavy (non-hydrogen) atoms. The van der Waals surface area contributed by atoms with Crippen molar-refractivity contribution in [3.8, 4) is 0 Å². The molecular formula is C89H182N6O8. The molecule has 0 aliphatic heterocycles. The quantitative estimate of drug-likeness (QED) is 0.0269. The van der Waals surface area contributed by atoms with Crippen LogP contribution in [0, 0.1) is 0 Å². The van der Waals surface area contributed by atoms with Crippen LogP contribution in [0.3, 0.4) is 0 Å². The number of rotatable bonds is 86. The zero-order valence-electron chi connectivity index (χ0n) is 69.8. The van der Waals surface area contributed by atoms with Crippen molar-refractivity contribution in [3.05, 3.63) is 0 Å². The van der Waals surface area contributed by atoms with Crippen LogP contribution in [0.4, 0.5) is 0 Å². The molecule has 0 aromatic heterocycles. The molecular weight excluding hydrogens is 1280 g/mol. The van der Waals surface area contributed by atoms with E-state index in [1.165, 1.54) is 231 Å². The van der Waals surface area contributed by atoms with E-state index >= 15 is 0 Å². The van der Waals surface area contributed by atoms with E-state index in [0.717, 1.165) is 167 Å². The second-order valence-corrected chi connectivity index (χ2v) is 32.6. The van der Waals surface area contributed by atoms with Crippen LogP contribution in [0.15, 0.2) is 0 Å². The van der Waals surface area contributed by atoms with Gasteiger partial charge in [0.15, 0.2) is 0 Å². The SMILES string of the molecule is CCCCCCCCCCC(O)CN(CCCCNC(=O)CCN(CCCCN(CC(O)CCCCCCCCCC)CC(O)CCCCCCCCCC)CCC(=O)NCCCN(CC(O)CCCCCCCCCC)CC(O)CCCCCCCCCC)CC(O)CCCCCCCCCC. The molecule has 0 aromatic carbocycles. The smallest absolute Gasteiger partial charge is 0.221 e. The van der Waals surface area contributed by atoms with Crippen LogP contribution >= 0.6 is 0 Å². The van der Waals surface area contributed by atoms with E-state index in [2.05, 4.69) is 71.8 Å². The molecule has 0 heterocycles. The molecule has 14 heteroatoms. The van der Waals surface area contributed by atoms with Gasteiger partial charge in [0.05, 0.1) is 36.6 Å². The molecule has 616 valence electrons. The average molecular weight is 1460 g/mol. The van der Waals surface area contributed by atoms with Crippen LogP contribution in [0.25, 0.3) is 0 Å². The Labute approximate surface area is 640 Å². The molecule has 0 aliphatic rings. The molecule has 0 fully saturated rings. The van der Waals surface area contributed by atoms with Gasteiger partial charge in [-0.1, -0.05) is 350 Å². The Kier molecular flexibility index (Phi) is 78.9. The van der Waals surface area contributed by atoms with Gasteiger partial charge in [-0.2, -0.15) is 0 Å². The third kappa shape index (κ3) is 74.4. The molecule has 0 saturated carbocycles. The number of carbonyl (C=O) groups excluding carboxylic acids is 2. The standard InChI is InChI=1S/C89H182N6O8/c1-7-13-19-25-31-37-43-49-60-82(96)76-93(77-83(97)61-50-44-38-32-26-20-14-8-2)71-56-55-68-90-88(102)66-74-92(70-57-58-72-94(78-84(98)62-51-45-39-33-27-21-15-9-3)79-85(99)63-52-46-40-34-28-22-16-10-4)75-67-89(103)91-69-59-73-95(80-86(100)64-53-47-41-35-29-23-17-11-5)81-87(101)65-54-48-42-36-30-24-18-12-6/h82-87,96-101H,7-81H2,1-6H3,(H,90,102)(H,91,103). The summed E-state index contributed by atoms with van der Waals surface area (Å²) in [5.74, 6) is -0.00609. The number of aliphatic hydroxyl groups excluding tert-OH is 6. The number of aliphatic hydroxyl groups is 6. The fraction of sp³-hybridized carbons (Fsp3) is 0.978. The summed E-state index contributed by atoms with van der Waals surface area (Å²) >= 11 is 0. The van der Waals surface area contributed by atoms with Crippen molar-refractivity contribution in [2.75, 3.05) is 91.6 Å². The fourth-order valence-corrected chi connectivity index (χ4v) is 15.1. The maximum atomic E-state index is 13.7. The third-order valence-electron chi connectivity index (χ3n) is 21.9. The van der Waals surface area contributed by atoms with E-state index < -0.39 is 36.6 Å². The molecule has 0 aromatic rings. The Hall–Kier alpha value is -1.46. The molecule has 6 atom stereocenters. The minimum atomic E-state index is -0.441. The Morgan fingerprint density at radius 3 is 0.612 bits per heavy atom. The summed E-state index contributed by atoms with van der Waals surface area (Å²) in [4.78, 5) is 36.5. The fourth-order valence-electron chi connectivity index (χ4n) is 15.1. The topological polar surface area (TPSA) is 193 Å². The van der Waals surface area contributed by atoms with Crippen molar-refractivity contribution in [2.24, 2.45) is 0 Å². The van der Waals surface area contributed by atoms with E-state index in [-0.39, 0.29) is 11.8 Å². The monoisotopic (exact) mass is 1460 g/mol. The lowest BCUT2D eigenvalue weighted by atomic mass is 10.0. The van der Waals surface area contributed by atoms with Gasteiger partial charge >= 0.3 is 0 Å². The lowest BCUT2D eigenvalue weighted by Crippen LogP contribution is -2.40. The molecule has 6 unspecified atom stereocenters. The molecule has 0 saturated heterocycles. The van der Waals surface area contributed by atoms with Crippen molar-refractivity contribution in [1.82, 2.24) is 30.2 Å². The van der Waals surface area contributed by atoms with Crippen molar-refractivity contribution in [1.29, 1.82) is 0 Å². The highest BCUT2D eigenvalue weighted by Crippen LogP contribution is 2.20. The summed E-state index contributed by atoms with van der Waals surface area (Å²) in [5, 5.41) is 74.2. The van der Waals surface area contributed by atoms with Gasteiger partial charge in [0.25, 0.3) is 0 Å². The number of carbonyl (C=O) groups is 2. The summed E-state index contributed by atoms with van der Waals surface area (Å²) in [5.41, 5.74) is 0. The normalized spacial score (nSPS) is 13.8. The highest BCUT2D eigenvalue weighted by molar-refractivity contribution is 5.76. The highest BCUT2D eigenvalue weighted by atomic mass is 16.3. The van der Waals surface area contributed by atoms with Gasteiger partial charge in [-0.15, -0.1) is 0 Å². The maximum absolute atomic E-state index is 13.7. The number of nitrogens with zero attached hydrogens (tertiary/aromatic N) is 4. The molecule has 2 amide bonds. The van der Waals surface area contributed by atoms with Crippen molar-refractivity contribution < 1.29 is 40.2 Å². The molecule has 8 N–H and O–H groups in total. The first-order chi connectivity index (χ1) is 50.3. The number of nitrogens with one attached hydrogen (secondary N) is 2. The molecule has 0 bridgehead atoms. The predicted octanol–water partition coefficient (Wildman–Crippen LogP) is 20.5. The number of hydrogen-bond donors (Lipinski definition) is 8. The molecule has 0 radical (unpaired) electrons. The first-order valence-corrected chi connectivity index (χ1v) is 45.8. The van der Waals surface area contributed by atoms with E-state index in [0.29, 0.717) is 84.8 Å². The number of unbranched alkanes of at least 4 members (excludes halogenated alkanes) is 44. The van der Waals surface area contributed by atoms with Crippen LogP contribution in [-0.4, -0.2) is 190 Å². The molecule has 0 spiro atoms. The average Bonchev–Trinajstić information content (AvgIpc) is 1.18. The molecule has 14 nitrogen and oxygen atoms in total. The van der Waals surface area contributed by atoms with Gasteiger partial charge < -0.3 is 46.2 Å². The number of hydrogen-bond acceptors (Lipinski definition) is 12. The van der Waals surface area contributed by atoms with Crippen LogP contribution < -0.4 is 10.6 Å². The van der Waals surface area contributed by atoms with Gasteiger partial charge in [0, 0.05) is 84.8 Å². The van der Waals surface area contributed by atoms with Crippen LogP contribution in [0.1, 0.15) is 433 Å². The summed E-state index contributed by atoms with van der Waals surface area (Å²) in [6, 6.07) is 0. The van der Waals surface area contributed by atoms with E-state index in [1.807, 2.05) is 0 Å². The summed E-state index contributed by atoms with van der Waals surface area (Å²) in [6.45, 7) is 22.0. The van der Waals surface area contributed by atoms with E-state index in [9.17, 15) is 40.2 Å². The molecule has 0 rings (SSSR count). The minimum Gasteiger partial charge on any atom is -0.392 e. The van der Waals surface area contributed by atoms with Crippen molar-refractivity contribution in [2.45, 2.75) is 470 Å². The summed E-state index contributed by atoms with van der Waals surface area (Å²) in [7, 11) is 0. The summed E-state index contributed by atoms with van der Waals surface area (Å²) in [6.07, 6.45) is 66.2. The Balaban J connectivity index is 6.06. The first-order valence-electron chi connectivity index (χ1n) is 45.8. The Morgan fingerprint density at radius 2 is 0.388 bits per heavy atom. The van der Waals surface area contributed by atoms with E-state index in [4.69, 9.17) is 0 Å². The van der Waals surface area contributed by atoms with Crippen molar-refractivity contribution in [3.63, 3.8) is 0 Å². The highest BCUT2D eigenvalue weighted by Gasteiger charge is 2.21. The Morgan fingerprint density at radius 1 is 0.214 bits per heavy atom. The van der Waals surface area contributed by atoms with Gasteiger partial charge in [-0.05, 0) is 90.3 Å².